The number of nitrogens with one attached hydrogen (secondary N) is 1. The quantitative estimate of drug-likeness (QED) is 0.606. The lowest BCUT2D eigenvalue weighted by atomic mass is 10.2. The number of hydrogen-bond acceptors (Lipinski definition) is 3. The van der Waals surface area contributed by atoms with Gasteiger partial charge in [-0.05, 0) is 26.0 Å². The van der Waals surface area contributed by atoms with Crippen molar-refractivity contribution in [3.8, 4) is 5.75 Å². The molecule has 1 atom stereocenters. The summed E-state index contributed by atoms with van der Waals surface area (Å²) in [4.78, 5) is 9.50. The summed E-state index contributed by atoms with van der Waals surface area (Å²) >= 11 is 0. The zero-order valence-corrected chi connectivity index (χ0v) is 6.59. The van der Waals surface area contributed by atoms with Crippen molar-refractivity contribution in [3.05, 3.63) is 23.5 Å². The molecule has 1 aliphatic rings. The predicted octanol–water partition coefficient (Wildman–Crippen LogP) is 1.35. The monoisotopic (exact) mass is 150 g/mol. The summed E-state index contributed by atoms with van der Waals surface area (Å²) in [7, 11) is 0. The standard InChI is InChI=1S/C8H10N2O/c1-5-3-4-7-8(9-5)6(2)10-11-7/h3-4,6,10H,1-2H3. The Morgan fingerprint density at radius 1 is 1.55 bits per heavy atom. The smallest absolute Gasteiger partial charge is 0.170 e. The van der Waals surface area contributed by atoms with Gasteiger partial charge >= 0.3 is 0 Å². The maximum Gasteiger partial charge on any atom is 0.170 e. The molecule has 0 bridgehead atoms. The van der Waals surface area contributed by atoms with E-state index in [9.17, 15) is 0 Å². The molecule has 3 nitrogen and oxygen atoms in total. The van der Waals surface area contributed by atoms with Gasteiger partial charge in [0.15, 0.2) is 5.75 Å². The van der Waals surface area contributed by atoms with E-state index in [4.69, 9.17) is 4.84 Å². The highest BCUT2D eigenvalue weighted by Crippen LogP contribution is 2.27. The Hall–Kier alpha value is -1.09. The molecule has 0 spiro atoms. The molecule has 0 aromatic carbocycles. The molecule has 0 amide bonds. The van der Waals surface area contributed by atoms with Crippen molar-refractivity contribution < 1.29 is 4.84 Å². The van der Waals surface area contributed by atoms with Gasteiger partial charge < -0.3 is 4.84 Å². The van der Waals surface area contributed by atoms with Crippen LogP contribution in [0.5, 0.6) is 5.75 Å². The van der Waals surface area contributed by atoms with Gasteiger partial charge in [-0.15, -0.1) is 5.48 Å². The van der Waals surface area contributed by atoms with Gasteiger partial charge in [0.2, 0.25) is 0 Å². The van der Waals surface area contributed by atoms with Crippen LogP contribution in [0.1, 0.15) is 24.4 Å². The van der Waals surface area contributed by atoms with E-state index in [2.05, 4.69) is 10.5 Å². The van der Waals surface area contributed by atoms with Gasteiger partial charge in [-0.1, -0.05) is 0 Å². The molecule has 0 saturated carbocycles. The molecule has 0 saturated heterocycles. The number of hydroxylamine groups is 1. The molecule has 0 fully saturated rings. The van der Waals surface area contributed by atoms with E-state index in [1.54, 1.807) is 0 Å². The summed E-state index contributed by atoms with van der Waals surface area (Å²) in [5.74, 6) is 0.850. The molecular weight excluding hydrogens is 140 g/mol. The number of rotatable bonds is 0. The van der Waals surface area contributed by atoms with Crippen molar-refractivity contribution in [2.45, 2.75) is 19.9 Å². The Labute approximate surface area is 65.4 Å². The Kier molecular flexibility index (Phi) is 1.32. The third-order valence-electron chi connectivity index (χ3n) is 1.78. The summed E-state index contributed by atoms with van der Waals surface area (Å²) in [6.45, 7) is 4.00. The summed E-state index contributed by atoms with van der Waals surface area (Å²) in [5, 5.41) is 0. The first kappa shape index (κ1) is 6.61. The second-order valence-electron chi connectivity index (χ2n) is 2.78. The van der Waals surface area contributed by atoms with Crippen LogP contribution in [-0.4, -0.2) is 4.98 Å². The number of fused-ring (bicyclic) bond motifs is 1. The molecule has 1 unspecified atom stereocenters. The fourth-order valence-corrected chi connectivity index (χ4v) is 1.17. The summed E-state index contributed by atoms with van der Waals surface area (Å²) < 4.78 is 0. The highest BCUT2D eigenvalue weighted by atomic mass is 16.7. The number of aryl methyl sites for hydroxylation is 1. The molecule has 58 valence electrons. The van der Waals surface area contributed by atoms with Crippen LogP contribution in [-0.2, 0) is 0 Å². The van der Waals surface area contributed by atoms with E-state index in [1.807, 2.05) is 26.0 Å². The van der Waals surface area contributed by atoms with Crippen molar-refractivity contribution in [1.29, 1.82) is 0 Å². The molecular formula is C8H10N2O. The minimum absolute atomic E-state index is 0.213. The van der Waals surface area contributed by atoms with Crippen LogP contribution in [0.2, 0.25) is 0 Å². The maximum absolute atomic E-state index is 5.15. The Morgan fingerprint density at radius 2 is 2.36 bits per heavy atom. The first-order valence-corrected chi connectivity index (χ1v) is 3.67. The highest BCUT2D eigenvalue weighted by Gasteiger charge is 2.20. The number of hydrogen-bond donors (Lipinski definition) is 1. The third kappa shape index (κ3) is 0.973. The molecule has 0 aliphatic carbocycles. The Balaban J connectivity index is 2.52. The van der Waals surface area contributed by atoms with Gasteiger partial charge in [-0.25, -0.2) is 0 Å². The van der Waals surface area contributed by atoms with Crippen molar-refractivity contribution >= 4 is 0 Å². The fourth-order valence-electron chi connectivity index (χ4n) is 1.17. The lowest BCUT2D eigenvalue weighted by Crippen LogP contribution is -2.13. The van der Waals surface area contributed by atoms with Crippen LogP contribution in [0.3, 0.4) is 0 Å². The van der Waals surface area contributed by atoms with Crippen molar-refractivity contribution in [2.24, 2.45) is 0 Å². The van der Waals surface area contributed by atoms with E-state index >= 15 is 0 Å². The zero-order chi connectivity index (χ0) is 7.84. The second kappa shape index (κ2) is 2.20. The molecule has 0 radical (unpaired) electrons. The van der Waals surface area contributed by atoms with Crippen molar-refractivity contribution in [3.63, 3.8) is 0 Å². The van der Waals surface area contributed by atoms with Crippen molar-refractivity contribution in [2.75, 3.05) is 0 Å². The Morgan fingerprint density at radius 3 is 3.18 bits per heavy atom. The molecule has 11 heavy (non-hydrogen) atoms. The lowest BCUT2D eigenvalue weighted by molar-refractivity contribution is 0.200. The molecule has 1 aromatic heterocycles. The van der Waals surface area contributed by atoms with E-state index in [-0.39, 0.29) is 6.04 Å². The lowest BCUT2D eigenvalue weighted by Gasteiger charge is -1.98. The number of pyridine rings is 1. The number of aromatic nitrogens is 1. The van der Waals surface area contributed by atoms with Gasteiger partial charge in [0.25, 0.3) is 0 Å². The van der Waals surface area contributed by atoms with Gasteiger partial charge in [0, 0.05) is 5.69 Å². The van der Waals surface area contributed by atoms with Crippen LogP contribution in [0.4, 0.5) is 0 Å². The molecule has 3 heteroatoms. The molecule has 2 heterocycles. The zero-order valence-electron chi connectivity index (χ0n) is 6.59. The van der Waals surface area contributed by atoms with Crippen LogP contribution >= 0.6 is 0 Å². The fraction of sp³-hybridized carbons (Fsp3) is 0.375. The van der Waals surface area contributed by atoms with Crippen LogP contribution in [0.25, 0.3) is 0 Å². The predicted molar refractivity (Wildman–Crippen MR) is 41.2 cm³/mol. The van der Waals surface area contributed by atoms with Gasteiger partial charge in [-0.2, -0.15) is 0 Å². The molecule has 2 rings (SSSR count). The second-order valence-corrected chi connectivity index (χ2v) is 2.78. The van der Waals surface area contributed by atoms with Gasteiger partial charge in [-0.3, -0.25) is 4.98 Å². The SMILES string of the molecule is Cc1ccc2c(n1)C(C)NO2. The highest BCUT2D eigenvalue weighted by molar-refractivity contribution is 5.33. The van der Waals surface area contributed by atoms with Gasteiger partial charge in [0.1, 0.15) is 5.69 Å². The van der Waals surface area contributed by atoms with Crippen molar-refractivity contribution in [1.82, 2.24) is 10.5 Å². The average molecular weight is 150 g/mol. The minimum Gasteiger partial charge on any atom is -0.406 e. The topological polar surface area (TPSA) is 34.2 Å². The summed E-state index contributed by atoms with van der Waals surface area (Å²) in [6.07, 6.45) is 0. The minimum atomic E-state index is 0.213. The third-order valence-corrected chi connectivity index (χ3v) is 1.78. The first-order chi connectivity index (χ1) is 5.27. The van der Waals surface area contributed by atoms with Gasteiger partial charge in [0.05, 0.1) is 6.04 Å². The summed E-state index contributed by atoms with van der Waals surface area (Å²) in [5.41, 5.74) is 4.88. The van der Waals surface area contributed by atoms with E-state index in [0.29, 0.717) is 0 Å². The number of nitrogens with zero attached hydrogens (tertiary/aromatic N) is 1. The van der Waals surface area contributed by atoms with Crippen LogP contribution < -0.4 is 10.3 Å². The largest absolute Gasteiger partial charge is 0.406 e. The van der Waals surface area contributed by atoms with Crippen LogP contribution in [0.15, 0.2) is 12.1 Å². The average Bonchev–Trinajstić information content (AvgIpc) is 2.33. The first-order valence-electron chi connectivity index (χ1n) is 3.67. The van der Waals surface area contributed by atoms with E-state index in [1.165, 1.54) is 0 Å². The normalized spacial score (nSPS) is 21.1. The van der Waals surface area contributed by atoms with E-state index < -0.39 is 0 Å². The molecule has 1 aromatic rings. The molecule has 1 aliphatic heterocycles. The van der Waals surface area contributed by atoms with Crippen LogP contribution in [0, 0.1) is 6.92 Å². The Bertz CT molecular complexity index is 285. The van der Waals surface area contributed by atoms with E-state index in [0.717, 1.165) is 17.1 Å². The summed E-state index contributed by atoms with van der Waals surface area (Å²) in [6, 6.07) is 4.09. The molecule has 1 N–H and O–H groups in total. The maximum atomic E-state index is 5.15.